The van der Waals surface area contributed by atoms with E-state index in [4.69, 9.17) is 9.84 Å². The lowest BCUT2D eigenvalue weighted by Gasteiger charge is -2.12. The summed E-state index contributed by atoms with van der Waals surface area (Å²) in [7, 11) is 1.66. The highest BCUT2D eigenvalue weighted by Crippen LogP contribution is 2.23. The summed E-state index contributed by atoms with van der Waals surface area (Å²) >= 11 is 0. The number of hydrogen-bond acceptors (Lipinski definition) is 4. The number of rotatable bonds is 7. The molecule has 3 N–H and O–H groups in total. The van der Waals surface area contributed by atoms with Gasteiger partial charge in [0.1, 0.15) is 5.75 Å². The Kier molecular flexibility index (Phi) is 5.15. The van der Waals surface area contributed by atoms with E-state index in [0.29, 0.717) is 0 Å². The second-order valence-corrected chi connectivity index (χ2v) is 4.79. The van der Waals surface area contributed by atoms with Crippen molar-refractivity contribution in [3.63, 3.8) is 0 Å². The van der Waals surface area contributed by atoms with Crippen LogP contribution in [0.5, 0.6) is 5.75 Å². The van der Waals surface area contributed by atoms with Crippen LogP contribution < -0.4 is 10.1 Å². The molecule has 0 bridgehead atoms. The largest absolute Gasteiger partial charge is 0.497 e. The number of hydrogen-bond donors (Lipinski definition) is 3. The monoisotopic (exact) mass is 275 g/mol. The van der Waals surface area contributed by atoms with Gasteiger partial charge in [-0.2, -0.15) is 5.10 Å². The third-order valence-electron chi connectivity index (χ3n) is 3.30. The lowest BCUT2D eigenvalue weighted by Crippen LogP contribution is -2.26. The van der Waals surface area contributed by atoms with E-state index in [-0.39, 0.29) is 12.6 Å². The van der Waals surface area contributed by atoms with Crippen molar-refractivity contribution in [2.45, 2.75) is 25.9 Å². The van der Waals surface area contributed by atoms with Gasteiger partial charge < -0.3 is 15.2 Å². The maximum Gasteiger partial charge on any atom is 0.118 e. The van der Waals surface area contributed by atoms with Gasteiger partial charge >= 0.3 is 0 Å². The van der Waals surface area contributed by atoms with Crippen molar-refractivity contribution < 1.29 is 9.84 Å². The Morgan fingerprint density at radius 2 is 2.10 bits per heavy atom. The second kappa shape index (κ2) is 7.07. The first-order chi connectivity index (χ1) is 9.74. The van der Waals surface area contributed by atoms with Gasteiger partial charge in [0.15, 0.2) is 0 Å². The van der Waals surface area contributed by atoms with E-state index in [2.05, 4.69) is 22.4 Å². The summed E-state index contributed by atoms with van der Waals surface area (Å²) in [5.41, 5.74) is 3.20. The lowest BCUT2D eigenvalue weighted by molar-refractivity contribution is 0.268. The van der Waals surface area contributed by atoms with Gasteiger partial charge in [-0.3, -0.25) is 5.10 Å². The molecule has 20 heavy (non-hydrogen) atoms. The number of ether oxygens (including phenoxy) is 1. The molecule has 0 spiro atoms. The normalized spacial score (nSPS) is 12.3. The average molecular weight is 275 g/mol. The molecule has 0 radical (unpaired) electrons. The third kappa shape index (κ3) is 3.59. The zero-order valence-corrected chi connectivity index (χ0v) is 11.9. The van der Waals surface area contributed by atoms with Gasteiger partial charge in [0.05, 0.1) is 19.0 Å². The Bertz CT molecular complexity index is 522. The lowest BCUT2D eigenvalue weighted by atomic mass is 10.1. The molecule has 0 aliphatic rings. The average Bonchev–Trinajstić information content (AvgIpc) is 2.94. The Morgan fingerprint density at radius 3 is 2.75 bits per heavy atom. The van der Waals surface area contributed by atoms with Crippen molar-refractivity contribution >= 4 is 0 Å². The van der Waals surface area contributed by atoms with Crippen LogP contribution in [0.1, 0.15) is 18.9 Å². The molecule has 0 aliphatic carbocycles. The number of H-pyrrole nitrogens is 1. The molecule has 108 valence electrons. The molecular formula is C15H21N3O2. The Morgan fingerprint density at radius 1 is 1.35 bits per heavy atom. The highest BCUT2D eigenvalue weighted by molar-refractivity contribution is 5.63. The second-order valence-electron chi connectivity index (χ2n) is 4.79. The molecule has 1 aromatic heterocycles. The van der Waals surface area contributed by atoms with Crippen molar-refractivity contribution in [2.24, 2.45) is 0 Å². The molecule has 0 saturated heterocycles. The number of nitrogens with one attached hydrogen (secondary N) is 2. The number of benzene rings is 1. The SMILES string of the molecule is COc1ccc(-c2[nH]ncc2CNC(C)CCO)cc1. The molecule has 1 aromatic carbocycles. The molecular weight excluding hydrogens is 254 g/mol. The predicted octanol–water partition coefficient (Wildman–Crippen LogP) is 1.95. The van der Waals surface area contributed by atoms with Gasteiger partial charge in [-0.05, 0) is 37.6 Å². The third-order valence-corrected chi connectivity index (χ3v) is 3.30. The topological polar surface area (TPSA) is 70.2 Å². The number of nitrogens with zero attached hydrogens (tertiary/aromatic N) is 1. The van der Waals surface area contributed by atoms with Crippen LogP contribution in [0, 0.1) is 0 Å². The zero-order chi connectivity index (χ0) is 14.4. The molecule has 5 heteroatoms. The molecule has 5 nitrogen and oxygen atoms in total. The standard InChI is InChI=1S/C15H21N3O2/c1-11(7-8-19)16-9-13-10-17-18-15(13)12-3-5-14(20-2)6-4-12/h3-6,10-11,16,19H,7-9H2,1-2H3,(H,17,18). The molecule has 2 rings (SSSR count). The Labute approximate surface area is 119 Å². The van der Waals surface area contributed by atoms with E-state index in [1.54, 1.807) is 7.11 Å². The highest BCUT2D eigenvalue weighted by atomic mass is 16.5. The van der Waals surface area contributed by atoms with Gasteiger partial charge in [0.25, 0.3) is 0 Å². The van der Waals surface area contributed by atoms with E-state index in [1.165, 1.54) is 0 Å². The van der Waals surface area contributed by atoms with Crippen molar-refractivity contribution in [3.05, 3.63) is 36.0 Å². The molecule has 1 heterocycles. The number of aromatic amines is 1. The van der Waals surface area contributed by atoms with E-state index < -0.39 is 0 Å². The summed E-state index contributed by atoms with van der Waals surface area (Å²) in [4.78, 5) is 0. The molecule has 0 saturated carbocycles. The Balaban J connectivity index is 2.07. The van der Waals surface area contributed by atoms with Gasteiger partial charge in [0, 0.05) is 30.3 Å². The van der Waals surface area contributed by atoms with Gasteiger partial charge in [0.2, 0.25) is 0 Å². The minimum Gasteiger partial charge on any atom is -0.497 e. The molecule has 1 unspecified atom stereocenters. The van der Waals surface area contributed by atoms with Crippen molar-refractivity contribution in [3.8, 4) is 17.0 Å². The van der Waals surface area contributed by atoms with Crippen LogP contribution in [0.3, 0.4) is 0 Å². The first-order valence-electron chi connectivity index (χ1n) is 6.75. The van der Waals surface area contributed by atoms with Gasteiger partial charge in [-0.25, -0.2) is 0 Å². The van der Waals surface area contributed by atoms with Crippen molar-refractivity contribution in [2.75, 3.05) is 13.7 Å². The molecule has 1 atom stereocenters. The van der Waals surface area contributed by atoms with Crippen LogP contribution in [-0.4, -0.2) is 35.1 Å². The van der Waals surface area contributed by atoms with E-state index in [9.17, 15) is 0 Å². The molecule has 0 fully saturated rings. The van der Waals surface area contributed by atoms with Crippen LogP contribution in [-0.2, 0) is 6.54 Å². The number of aromatic nitrogens is 2. The summed E-state index contributed by atoms with van der Waals surface area (Å²) in [6, 6.07) is 8.16. The summed E-state index contributed by atoms with van der Waals surface area (Å²) in [5.74, 6) is 0.838. The summed E-state index contributed by atoms with van der Waals surface area (Å²) < 4.78 is 5.16. The van der Waals surface area contributed by atoms with E-state index in [1.807, 2.05) is 30.5 Å². The molecule has 2 aromatic rings. The number of methoxy groups -OCH3 is 1. The number of aliphatic hydroxyl groups is 1. The molecule has 0 aliphatic heterocycles. The highest BCUT2D eigenvalue weighted by Gasteiger charge is 2.09. The maximum absolute atomic E-state index is 8.91. The summed E-state index contributed by atoms with van der Waals surface area (Å²) in [6.07, 6.45) is 2.58. The first-order valence-corrected chi connectivity index (χ1v) is 6.75. The predicted molar refractivity (Wildman–Crippen MR) is 78.6 cm³/mol. The van der Waals surface area contributed by atoms with Gasteiger partial charge in [-0.1, -0.05) is 0 Å². The van der Waals surface area contributed by atoms with Crippen molar-refractivity contribution in [1.82, 2.24) is 15.5 Å². The number of aliphatic hydroxyl groups excluding tert-OH is 1. The first kappa shape index (κ1) is 14.6. The van der Waals surface area contributed by atoms with E-state index in [0.717, 1.165) is 35.5 Å². The van der Waals surface area contributed by atoms with Crippen LogP contribution in [0.25, 0.3) is 11.3 Å². The van der Waals surface area contributed by atoms with Crippen LogP contribution in [0.4, 0.5) is 0 Å². The summed E-state index contributed by atoms with van der Waals surface area (Å²) in [5, 5.41) is 19.4. The molecule has 0 amide bonds. The van der Waals surface area contributed by atoms with Crippen molar-refractivity contribution in [1.29, 1.82) is 0 Å². The zero-order valence-electron chi connectivity index (χ0n) is 11.9. The fraction of sp³-hybridized carbons (Fsp3) is 0.400. The smallest absolute Gasteiger partial charge is 0.118 e. The quantitative estimate of drug-likeness (QED) is 0.722. The maximum atomic E-state index is 8.91. The Hall–Kier alpha value is -1.85. The van der Waals surface area contributed by atoms with Crippen LogP contribution in [0.2, 0.25) is 0 Å². The minimum atomic E-state index is 0.199. The van der Waals surface area contributed by atoms with E-state index >= 15 is 0 Å². The summed E-state index contributed by atoms with van der Waals surface area (Å²) in [6.45, 7) is 2.98. The van der Waals surface area contributed by atoms with Gasteiger partial charge in [-0.15, -0.1) is 0 Å². The van der Waals surface area contributed by atoms with Crippen LogP contribution >= 0.6 is 0 Å². The fourth-order valence-electron chi connectivity index (χ4n) is 2.03. The fourth-order valence-corrected chi connectivity index (χ4v) is 2.03. The minimum absolute atomic E-state index is 0.199. The van der Waals surface area contributed by atoms with Crippen LogP contribution in [0.15, 0.2) is 30.5 Å².